The molecule has 3 heteroatoms. The lowest BCUT2D eigenvalue weighted by atomic mass is 9.76. The largest absolute Gasteiger partial charge is 0.303 e. The highest BCUT2D eigenvalue weighted by atomic mass is 16.1. The van der Waals surface area contributed by atoms with Crippen LogP contribution in [0.15, 0.2) is 115 Å². The number of benzene rings is 4. The van der Waals surface area contributed by atoms with Gasteiger partial charge in [0.05, 0.1) is 6.20 Å². The Labute approximate surface area is 200 Å². The van der Waals surface area contributed by atoms with Gasteiger partial charge in [0.15, 0.2) is 6.29 Å². The number of carbonyl (C=O) groups excluding carboxylic acids is 1. The van der Waals surface area contributed by atoms with Crippen LogP contribution >= 0.6 is 0 Å². The van der Waals surface area contributed by atoms with Gasteiger partial charge in [-0.25, -0.2) is 4.98 Å². The van der Waals surface area contributed by atoms with Gasteiger partial charge in [0.2, 0.25) is 0 Å². The Morgan fingerprint density at radius 3 is 1.65 bits per heavy atom. The second-order valence-electron chi connectivity index (χ2n) is 8.52. The Kier molecular flexibility index (Phi) is 5.69. The topological polar surface area (TPSA) is 34.9 Å². The fourth-order valence-electron chi connectivity index (χ4n) is 4.91. The van der Waals surface area contributed by atoms with E-state index in [4.69, 9.17) is 4.98 Å². The average Bonchev–Trinajstić information content (AvgIpc) is 3.32. The van der Waals surface area contributed by atoms with Crippen LogP contribution in [0.2, 0.25) is 0 Å². The number of hydrogen-bond donors (Lipinski definition) is 0. The van der Waals surface area contributed by atoms with E-state index in [0.717, 1.165) is 39.9 Å². The first-order valence-electron chi connectivity index (χ1n) is 11.4. The van der Waals surface area contributed by atoms with Crippen molar-refractivity contribution in [1.82, 2.24) is 9.55 Å². The van der Waals surface area contributed by atoms with Gasteiger partial charge in [-0.05, 0) is 41.7 Å². The van der Waals surface area contributed by atoms with Crippen LogP contribution < -0.4 is 0 Å². The minimum atomic E-state index is -0.804. The molecule has 34 heavy (non-hydrogen) atoms. The van der Waals surface area contributed by atoms with E-state index in [9.17, 15) is 4.79 Å². The van der Waals surface area contributed by atoms with E-state index in [0.29, 0.717) is 5.69 Å². The average molecular weight is 443 g/mol. The number of aromatic nitrogens is 2. The summed E-state index contributed by atoms with van der Waals surface area (Å²) >= 11 is 0. The van der Waals surface area contributed by atoms with Crippen molar-refractivity contribution in [3.8, 4) is 11.4 Å². The molecule has 0 saturated heterocycles. The quantitative estimate of drug-likeness (QED) is 0.214. The molecule has 0 spiro atoms. The molecule has 0 saturated carbocycles. The monoisotopic (exact) mass is 442 g/mol. The lowest BCUT2D eigenvalue weighted by molar-refractivity contribution is 0.111. The van der Waals surface area contributed by atoms with Gasteiger partial charge < -0.3 is 4.57 Å². The molecule has 0 unspecified atom stereocenters. The molecule has 5 rings (SSSR count). The van der Waals surface area contributed by atoms with Crippen molar-refractivity contribution in [3.05, 3.63) is 149 Å². The predicted octanol–water partition coefficient (Wildman–Crippen LogP) is 6.82. The number of imidazole rings is 1. The number of aryl methyl sites for hydroxylation is 1. The standard InChI is InChI=1S/C31H26N2O/c1-23-13-12-20-29(24(23)2)30-32-21-28(22-34)33(30)31(25-14-6-3-7-15-25,26-16-8-4-9-17-26)27-18-10-5-11-19-27/h3-22H,1-2H3. The molecule has 166 valence electrons. The van der Waals surface area contributed by atoms with Crippen LogP contribution in [0.4, 0.5) is 0 Å². The summed E-state index contributed by atoms with van der Waals surface area (Å²) in [7, 11) is 0. The molecule has 1 aromatic heterocycles. The third-order valence-electron chi connectivity index (χ3n) is 6.67. The zero-order valence-corrected chi connectivity index (χ0v) is 19.3. The van der Waals surface area contributed by atoms with Crippen molar-refractivity contribution in [2.45, 2.75) is 19.4 Å². The number of hydrogen-bond acceptors (Lipinski definition) is 2. The van der Waals surface area contributed by atoms with E-state index in [2.05, 4.69) is 66.9 Å². The molecule has 0 aliphatic heterocycles. The van der Waals surface area contributed by atoms with E-state index in [-0.39, 0.29) is 0 Å². The van der Waals surface area contributed by atoms with Gasteiger partial charge in [0.25, 0.3) is 0 Å². The number of carbonyl (C=O) groups is 1. The summed E-state index contributed by atoms with van der Waals surface area (Å²) in [5.74, 6) is 0.764. The molecule has 0 amide bonds. The molecule has 0 atom stereocenters. The Morgan fingerprint density at radius 1 is 0.676 bits per heavy atom. The van der Waals surface area contributed by atoms with Crippen molar-refractivity contribution in [1.29, 1.82) is 0 Å². The first-order chi connectivity index (χ1) is 16.7. The molecular weight excluding hydrogens is 416 g/mol. The van der Waals surface area contributed by atoms with Crippen LogP contribution in [0.5, 0.6) is 0 Å². The lowest BCUT2D eigenvalue weighted by Gasteiger charge is -2.39. The Hall–Kier alpha value is -4.24. The SMILES string of the molecule is Cc1cccc(-c2ncc(C=O)n2C(c2ccccc2)(c2ccccc2)c2ccccc2)c1C. The van der Waals surface area contributed by atoms with E-state index in [1.54, 1.807) is 6.20 Å². The second kappa shape index (κ2) is 8.95. The summed E-state index contributed by atoms with van der Waals surface area (Å²) < 4.78 is 2.11. The summed E-state index contributed by atoms with van der Waals surface area (Å²) in [6.45, 7) is 4.21. The van der Waals surface area contributed by atoms with E-state index < -0.39 is 5.54 Å². The third-order valence-corrected chi connectivity index (χ3v) is 6.67. The van der Waals surface area contributed by atoms with Crippen LogP contribution in [-0.4, -0.2) is 15.8 Å². The van der Waals surface area contributed by atoms with E-state index >= 15 is 0 Å². The molecule has 0 radical (unpaired) electrons. The Bertz CT molecular complexity index is 1320. The maximum Gasteiger partial charge on any atom is 0.168 e. The predicted molar refractivity (Wildman–Crippen MR) is 137 cm³/mol. The first-order valence-corrected chi connectivity index (χ1v) is 11.4. The van der Waals surface area contributed by atoms with Crippen LogP contribution in [0, 0.1) is 13.8 Å². The van der Waals surface area contributed by atoms with Gasteiger partial charge in [-0.15, -0.1) is 0 Å². The molecule has 1 heterocycles. The first kappa shape index (κ1) is 21.6. The highest BCUT2D eigenvalue weighted by Gasteiger charge is 2.41. The number of nitrogens with zero attached hydrogens (tertiary/aromatic N) is 2. The van der Waals surface area contributed by atoms with Gasteiger partial charge in [0, 0.05) is 5.56 Å². The fourth-order valence-corrected chi connectivity index (χ4v) is 4.91. The molecule has 3 nitrogen and oxygen atoms in total. The summed E-state index contributed by atoms with van der Waals surface area (Å²) in [6.07, 6.45) is 2.60. The molecule has 5 aromatic rings. The summed E-state index contributed by atoms with van der Waals surface area (Å²) in [5.41, 5.74) is 6.23. The molecule has 4 aromatic carbocycles. The Morgan fingerprint density at radius 2 is 1.18 bits per heavy atom. The smallest absolute Gasteiger partial charge is 0.168 e. The maximum atomic E-state index is 12.5. The zero-order chi connectivity index (χ0) is 23.5. The maximum absolute atomic E-state index is 12.5. The van der Waals surface area contributed by atoms with Crippen molar-refractivity contribution in [3.63, 3.8) is 0 Å². The van der Waals surface area contributed by atoms with Crippen LogP contribution in [0.3, 0.4) is 0 Å². The number of aldehydes is 1. The van der Waals surface area contributed by atoms with Crippen molar-refractivity contribution < 1.29 is 4.79 Å². The second-order valence-corrected chi connectivity index (χ2v) is 8.52. The summed E-state index contributed by atoms with van der Waals surface area (Å²) in [4.78, 5) is 17.3. The molecule has 0 aliphatic carbocycles. The van der Waals surface area contributed by atoms with Crippen molar-refractivity contribution in [2.24, 2.45) is 0 Å². The normalized spacial score (nSPS) is 11.4. The summed E-state index contributed by atoms with van der Waals surface area (Å²) in [6, 6.07) is 37.3. The van der Waals surface area contributed by atoms with Crippen LogP contribution in [-0.2, 0) is 5.54 Å². The highest BCUT2D eigenvalue weighted by molar-refractivity contribution is 5.77. The third kappa shape index (κ3) is 3.37. The van der Waals surface area contributed by atoms with Gasteiger partial charge in [0.1, 0.15) is 17.1 Å². The molecule has 0 N–H and O–H groups in total. The molecule has 0 fully saturated rings. The van der Waals surface area contributed by atoms with Crippen LogP contribution in [0.1, 0.15) is 38.3 Å². The molecule has 0 aliphatic rings. The van der Waals surface area contributed by atoms with E-state index in [1.807, 2.05) is 60.7 Å². The fraction of sp³-hybridized carbons (Fsp3) is 0.0968. The highest BCUT2D eigenvalue weighted by Crippen LogP contribution is 2.44. The molecule has 0 bridgehead atoms. The minimum Gasteiger partial charge on any atom is -0.303 e. The van der Waals surface area contributed by atoms with Gasteiger partial charge >= 0.3 is 0 Å². The van der Waals surface area contributed by atoms with Gasteiger partial charge in [-0.2, -0.15) is 0 Å². The minimum absolute atomic E-state index is 0.521. The lowest BCUT2D eigenvalue weighted by Crippen LogP contribution is -2.39. The van der Waals surface area contributed by atoms with Crippen molar-refractivity contribution in [2.75, 3.05) is 0 Å². The zero-order valence-electron chi connectivity index (χ0n) is 19.3. The van der Waals surface area contributed by atoms with Gasteiger partial charge in [-0.3, -0.25) is 4.79 Å². The van der Waals surface area contributed by atoms with Gasteiger partial charge in [-0.1, -0.05) is 109 Å². The Balaban J connectivity index is 1.99. The van der Waals surface area contributed by atoms with Crippen LogP contribution in [0.25, 0.3) is 11.4 Å². The van der Waals surface area contributed by atoms with E-state index in [1.165, 1.54) is 5.56 Å². The van der Waals surface area contributed by atoms with Crippen molar-refractivity contribution >= 4 is 6.29 Å². The number of rotatable bonds is 6. The molecular formula is C31H26N2O. The summed E-state index contributed by atoms with van der Waals surface area (Å²) in [5, 5.41) is 0.